The van der Waals surface area contributed by atoms with Crippen LogP contribution in [-0.2, 0) is 16.0 Å². The molecule has 0 aliphatic heterocycles. The van der Waals surface area contributed by atoms with Crippen LogP contribution < -0.4 is 9.47 Å². The Morgan fingerprint density at radius 3 is 2.55 bits per heavy atom. The van der Waals surface area contributed by atoms with E-state index in [2.05, 4.69) is 9.72 Å². The molecule has 8 heteroatoms. The molecule has 0 saturated carbocycles. The summed E-state index contributed by atoms with van der Waals surface area (Å²) < 4.78 is 50.2. The molecule has 20 heavy (non-hydrogen) atoms. The number of halogens is 3. The van der Waals surface area contributed by atoms with E-state index in [-0.39, 0.29) is 24.5 Å². The summed E-state index contributed by atoms with van der Waals surface area (Å²) in [6.07, 6.45) is -5.14. The van der Waals surface area contributed by atoms with Crippen LogP contribution in [0.1, 0.15) is 18.2 Å². The minimum Gasteiger partial charge on any atom is -0.491 e. The number of hydrogen-bond acceptors (Lipinski definition) is 5. The second kappa shape index (κ2) is 6.44. The smallest absolute Gasteiger partial charge is 0.491 e. The fourth-order valence-corrected chi connectivity index (χ4v) is 1.58. The molecule has 0 fully saturated rings. The molecule has 0 bridgehead atoms. The van der Waals surface area contributed by atoms with Crippen LogP contribution in [-0.4, -0.2) is 31.0 Å². The molecule has 5 nitrogen and oxygen atoms in total. The lowest BCUT2D eigenvalue weighted by molar-refractivity contribution is -0.276. The summed E-state index contributed by atoms with van der Waals surface area (Å²) in [7, 11) is 1.21. The normalized spacial score (nSPS) is 11.1. The third-order valence-corrected chi connectivity index (χ3v) is 2.23. The molecule has 1 aromatic rings. The topological polar surface area (TPSA) is 57.7 Å². The van der Waals surface area contributed by atoms with Crippen molar-refractivity contribution in [2.24, 2.45) is 0 Å². The molecule has 0 aliphatic rings. The second-order valence-electron chi connectivity index (χ2n) is 3.80. The van der Waals surface area contributed by atoms with Crippen molar-refractivity contribution < 1.29 is 32.2 Å². The van der Waals surface area contributed by atoms with Gasteiger partial charge in [0.2, 0.25) is 0 Å². The molecule has 0 atom stereocenters. The zero-order valence-electron chi connectivity index (χ0n) is 11.2. The molecule has 1 aromatic heterocycles. The molecular weight excluding hydrogens is 279 g/mol. The van der Waals surface area contributed by atoms with Crippen LogP contribution in [0.2, 0.25) is 0 Å². The van der Waals surface area contributed by atoms with Crippen molar-refractivity contribution >= 4 is 5.97 Å². The molecule has 0 radical (unpaired) electrons. The average molecular weight is 293 g/mol. The minimum absolute atomic E-state index is 0.112. The van der Waals surface area contributed by atoms with Gasteiger partial charge in [0.05, 0.1) is 25.8 Å². The molecule has 1 rings (SSSR count). The fourth-order valence-electron chi connectivity index (χ4n) is 1.58. The van der Waals surface area contributed by atoms with Crippen molar-refractivity contribution in [2.45, 2.75) is 26.6 Å². The number of carbonyl (C=O) groups excluding carboxylic acids is 1. The van der Waals surface area contributed by atoms with Gasteiger partial charge in [0.15, 0.2) is 5.75 Å². The zero-order chi connectivity index (χ0) is 15.3. The summed E-state index contributed by atoms with van der Waals surface area (Å²) in [6.45, 7) is 3.33. The molecule has 0 unspecified atom stereocenters. The highest BCUT2D eigenvalue weighted by Gasteiger charge is 2.34. The van der Waals surface area contributed by atoms with Crippen LogP contribution in [0.15, 0.2) is 6.07 Å². The molecule has 112 valence electrons. The maximum absolute atomic E-state index is 12.3. The first-order valence-electron chi connectivity index (χ1n) is 5.72. The lowest BCUT2D eigenvalue weighted by Crippen LogP contribution is -2.19. The number of pyridine rings is 1. The number of alkyl halides is 3. The van der Waals surface area contributed by atoms with Gasteiger partial charge in [-0.25, -0.2) is 4.98 Å². The van der Waals surface area contributed by atoms with E-state index in [1.807, 2.05) is 0 Å². The first-order chi connectivity index (χ1) is 9.26. The molecule has 0 saturated heterocycles. The summed E-state index contributed by atoms with van der Waals surface area (Å²) in [5.41, 5.74) is 0.488. The van der Waals surface area contributed by atoms with E-state index < -0.39 is 18.2 Å². The van der Waals surface area contributed by atoms with Gasteiger partial charge in [0.25, 0.3) is 5.88 Å². The van der Waals surface area contributed by atoms with Gasteiger partial charge < -0.3 is 14.2 Å². The van der Waals surface area contributed by atoms with E-state index in [0.717, 1.165) is 0 Å². The molecule has 0 amide bonds. The van der Waals surface area contributed by atoms with E-state index in [9.17, 15) is 18.0 Å². The molecule has 0 aromatic carbocycles. The lowest BCUT2D eigenvalue weighted by Gasteiger charge is -2.14. The molecule has 0 aliphatic carbocycles. The number of nitrogens with zero attached hydrogens (tertiary/aromatic N) is 1. The summed E-state index contributed by atoms with van der Waals surface area (Å²) in [5.74, 6) is -1.43. The number of esters is 1. The van der Waals surface area contributed by atoms with Gasteiger partial charge in [0, 0.05) is 0 Å². The van der Waals surface area contributed by atoms with Gasteiger partial charge in [0.1, 0.15) is 0 Å². The Morgan fingerprint density at radius 1 is 1.40 bits per heavy atom. The minimum atomic E-state index is -4.89. The van der Waals surface area contributed by atoms with Crippen molar-refractivity contribution in [3.8, 4) is 11.6 Å². The van der Waals surface area contributed by atoms with Crippen molar-refractivity contribution in [3.63, 3.8) is 0 Å². The molecule has 0 N–H and O–H groups in total. The number of ether oxygens (including phenoxy) is 3. The third-order valence-electron chi connectivity index (χ3n) is 2.23. The van der Waals surface area contributed by atoms with Crippen molar-refractivity contribution in [3.05, 3.63) is 17.3 Å². The van der Waals surface area contributed by atoms with Crippen molar-refractivity contribution in [1.29, 1.82) is 0 Å². The number of rotatable bonds is 5. The SMILES string of the molecule is CCOC(=O)Cc1cc(C)c(OC)c(OC(F)(F)F)n1. The monoisotopic (exact) mass is 293 g/mol. The van der Waals surface area contributed by atoms with Crippen LogP contribution >= 0.6 is 0 Å². The standard InChI is InChI=1S/C12H14F3NO4/c1-4-19-9(17)6-8-5-7(2)10(18-3)11(16-8)20-12(13,14)15/h5H,4,6H2,1-3H3. The number of aromatic nitrogens is 1. The zero-order valence-corrected chi connectivity index (χ0v) is 11.2. The maximum atomic E-state index is 12.3. The van der Waals surface area contributed by atoms with Crippen LogP contribution in [0.3, 0.4) is 0 Å². The highest BCUT2D eigenvalue weighted by atomic mass is 19.4. The summed E-state index contributed by atoms with van der Waals surface area (Å²) >= 11 is 0. The Bertz CT molecular complexity index is 488. The van der Waals surface area contributed by atoms with Crippen molar-refractivity contribution in [1.82, 2.24) is 4.98 Å². The Morgan fingerprint density at radius 2 is 2.05 bits per heavy atom. The van der Waals surface area contributed by atoms with Gasteiger partial charge in [-0.2, -0.15) is 0 Å². The molecular formula is C12H14F3NO4. The van der Waals surface area contributed by atoms with E-state index in [0.29, 0.717) is 5.56 Å². The fraction of sp³-hybridized carbons (Fsp3) is 0.500. The summed E-state index contributed by atoms with van der Waals surface area (Å²) in [6, 6.07) is 1.44. The Labute approximate surface area is 113 Å². The molecule has 0 spiro atoms. The number of hydrogen-bond donors (Lipinski definition) is 0. The van der Waals surface area contributed by atoms with Gasteiger partial charge in [-0.05, 0) is 25.5 Å². The first-order valence-corrected chi connectivity index (χ1v) is 5.72. The van der Waals surface area contributed by atoms with Gasteiger partial charge in [-0.3, -0.25) is 4.79 Å². The largest absolute Gasteiger partial charge is 0.574 e. The first kappa shape index (κ1) is 16.1. The molecule has 1 heterocycles. The van der Waals surface area contributed by atoms with Gasteiger partial charge in [-0.15, -0.1) is 13.2 Å². The van der Waals surface area contributed by atoms with Crippen LogP contribution in [0, 0.1) is 6.92 Å². The maximum Gasteiger partial charge on any atom is 0.574 e. The summed E-state index contributed by atoms with van der Waals surface area (Å²) in [5, 5.41) is 0. The highest BCUT2D eigenvalue weighted by molar-refractivity contribution is 5.72. The van der Waals surface area contributed by atoms with E-state index in [1.165, 1.54) is 20.1 Å². The van der Waals surface area contributed by atoms with Crippen molar-refractivity contribution in [2.75, 3.05) is 13.7 Å². The average Bonchev–Trinajstić information content (AvgIpc) is 2.26. The predicted molar refractivity (Wildman–Crippen MR) is 62.5 cm³/mol. The summed E-state index contributed by atoms with van der Waals surface area (Å²) in [4.78, 5) is 15.0. The van der Waals surface area contributed by atoms with Gasteiger partial charge in [-0.1, -0.05) is 0 Å². The Hall–Kier alpha value is -1.99. The third kappa shape index (κ3) is 4.60. The Balaban J connectivity index is 3.07. The number of methoxy groups -OCH3 is 1. The van der Waals surface area contributed by atoms with Crippen LogP contribution in [0.25, 0.3) is 0 Å². The predicted octanol–water partition coefficient (Wildman–Crippen LogP) is 2.40. The highest BCUT2D eigenvalue weighted by Crippen LogP contribution is 2.33. The second-order valence-corrected chi connectivity index (χ2v) is 3.80. The van der Waals surface area contributed by atoms with E-state index in [4.69, 9.17) is 9.47 Å². The van der Waals surface area contributed by atoms with Crippen LogP contribution in [0.5, 0.6) is 11.6 Å². The van der Waals surface area contributed by atoms with Crippen LogP contribution in [0.4, 0.5) is 13.2 Å². The number of carbonyl (C=O) groups is 1. The Kier molecular flexibility index (Phi) is 5.18. The lowest BCUT2D eigenvalue weighted by atomic mass is 10.2. The number of aryl methyl sites for hydroxylation is 1. The van der Waals surface area contributed by atoms with Gasteiger partial charge >= 0.3 is 12.3 Å². The quantitative estimate of drug-likeness (QED) is 0.780. The van der Waals surface area contributed by atoms with E-state index >= 15 is 0 Å². The van der Waals surface area contributed by atoms with E-state index in [1.54, 1.807) is 6.92 Å².